The third-order valence-corrected chi connectivity index (χ3v) is 6.99. The number of piperazine rings is 1. The highest BCUT2D eigenvalue weighted by atomic mass is 32.2. The molecule has 0 radical (unpaired) electrons. The lowest BCUT2D eigenvalue weighted by atomic mass is 9.92. The number of anilines is 1. The average molecular weight is 474 g/mol. The monoisotopic (exact) mass is 473 g/mol. The second-order valence-electron chi connectivity index (χ2n) is 9.52. The molecule has 0 bridgehead atoms. The maximum atomic E-state index is 12.6. The van der Waals surface area contributed by atoms with Crippen molar-refractivity contribution in [1.82, 2.24) is 19.8 Å². The molecule has 1 amide bonds. The summed E-state index contributed by atoms with van der Waals surface area (Å²) in [6.45, 7) is 16.3. The molecular weight excluding hydrogens is 438 g/mol. The molecule has 180 valence electrons. The largest absolute Gasteiger partial charge is 0.455 e. The van der Waals surface area contributed by atoms with Crippen molar-refractivity contribution >= 4 is 23.5 Å². The molecule has 33 heavy (non-hydrogen) atoms. The minimum absolute atomic E-state index is 0.0688. The number of hydrogen-bond acceptors (Lipinski definition) is 8. The highest BCUT2D eigenvalue weighted by molar-refractivity contribution is 7.98. The van der Waals surface area contributed by atoms with Gasteiger partial charge in [0.1, 0.15) is 11.6 Å². The summed E-state index contributed by atoms with van der Waals surface area (Å²) in [5.41, 5.74) is 0.969. The van der Waals surface area contributed by atoms with Crippen LogP contribution < -0.4 is 4.90 Å². The van der Waals surface area contributed by atoms with Gasteiger partial charge in [0.25, 0.3) is 5.91 Å². The van der Waals surface area contributed by atoms with Crippen LogP contribution in [0.4, 0.5) is 5.82 Å². The first-order valence-corrected chi connectivity index (χ1v) is 12.8. The molecule has 0 atom stereocenters. The zero-order valence-electron chi connectivity index (χ0n) is 20.2. The Morgan fingerprint density at radius 3 is 2.45 bits per heavy atom. The highest BCUT2D eigenvalue weighted by Crippen LogP contribution is 2.29. The Balaban J connectivity index is 1.45. The van der Waals surface area contributed by atoms with Crippen molar-refractivity contribution in [2.24, 2.45) is 0 Å². The molecule has 2 saturated heterocycles. The van der Waals surface area contributed by atoms with Crippen LogP contribution in [0.25, 0.3) is 0 Å². The summed E-state index contributed by atoms with van der Waals surface area (Å²) in [7, 11) is 0. The lowest BCUT2D eigenvalue weighted by molar-refractivity contribution is 0.0282. The number of hydrogen-bond donors (Lipinski definition) is 0. The Morgan fingerprint density at radius 1 is 1.06 bits per heavy atom. The third-order valence-electron chi connectivity index (χ3n) is 6.12. The first-order valence-electron chi connectivity index (χ1n) is 11.8. The van der Waals surface area contributed by atoms with Gasteiger partial charge in [-0.25, -0.2) is 9.97 Å². The van der Waals surface area contributed by atoms with Gasteiger partial charge in [-0.2, -0.15) is 0 Å². The fraction of sp³-hybridized carbons (Fsp3) is 0.625. The molecule has 0 aromatic carbocycles. The molecule has 0 unspecified atom stereocenters. The van der Waals surface area contributed by atoms with Crippen LogP contribution in [0.15, 0.2) is 27.8 Å². The highest BCUT2D eigenvalue weighted by Gasteiger charge is 2.24. The van der Waals surface area contributed by atoms with Gasteiger partial charge in [0.2, 0.25) is 0 Å². The van der Waals surface area contributed by atoms with Gasteiger partial charge in [0.15, 0.2) is 10.9 Å². The lowest BCUT2D eigenvalue weighted by Gasteiger charge is -2.35. The summed E-state index contributed by atoms with van der Waals surface area (Å²) in [6, 6.07) is 5.77. The molecule has 4 rings (SSSR count). The van der Waals surface area contributed by atoms with E-state index >= 15 is 0 Å². The predicted octanol–water partition coefficient (Wildman–Crippen LogP) is 3.27. The van der Waals surface area contributed by atoms with Crippen LogP contribution in [0.3, 0.4) is 0 Å². The van der Waals surface area contributed by atoms with Crippen LogP contribution in [-0.2, 0) is 15.9 Å². The number of furan rings is 1. The quantitative estimate of drug-likeness (QED) is 0.467. The van der Waals surface area contributed by atoms with E-state index in [0.717, 1.165) is 55.2 Å². The van der Waals surface area contributed by atoms with Gasteiger partial charge >= 0.3 is 0 Å². The number of likely N-dealkylation sites (N-methyl/N-ethyl adjacent to an activating group) is 1. The van der Waals surface area contributed by atoms with E-state index in [2.05, 4.69) is 43.6 Å². The van der Waals surface area contributed by atoms with Gasteiger partial charge < -0.3 is 23.9 Å². The van der Waals surface area contributed by atoms with Crippen molar-refractivity contribution in [2.75, 3.05) is 63.9 Å². The summed E-state index contributed by atoms with van der Waals surface area (Å²) < 4.78 is 11.2. The number of carbonyl (C=O) groups is 1. The van der Waals surface area contributed by atoms with E-state index in [1.54, 1.807) is 22.7 Å². The fourth-order valence-electron chi connectivity index (χ4n) is 3.95. The van der Waals surface area contributed by atoms with Crippen LogP contribution in [0.1, 0.15) is 49.7 Å². The van der Waals surface area contributed by atoms with E-state index in [4.69, 9.17) is 19.1 Å². The fourth-order valence-corrected chi connectivity index (χ4v) is 4.69. The van der Waals surface area contributed by atoms with E-state index in [1.165, 1.54) is 0 Å². The van der Waals surface area contributed by atoms with E-state index in [9.17, 15) is 4.79 Å². The third kappa shape index (κ3) is 6.07. The Hall–Kier alpha value is -2.10. The van der Waals surface area contributed by atoms with Crippen LogP contribution >= 0.6 is 11.8 Å². The van der Waals surface area contributed by atoms with E-state index in [-0.39, 0.29) is 11.3 Å². The molecule has 9 heteroatoms. The molecule has 2 aliphatic rings. The molecule has 2 aromatic heterocycles. The SMILES string of the molecule is CCN1CCN(c2cc(C(C)(C)C)nc(SCc3ccc(C(=O)N4CCOCC4)o3)n2)CC1. The Labute approximate surface area is 200 Å². The van der Waals surface area contributed by atoms with Gasteiger partial charge in [0.05, 0.1) is 24.7 Å². The average Bonchev–Trinajstić information content (AvgIpc) is 3.31. The zero-order valence-corrected chi connectivity index (χ0v) is 21.0. The van der Waals surface area contributed by atoms with Crippen molar-refractivity contribution < 1.29 is 13.9 Å². The first-order chi connectivity index (χ1) is 15.8. The Kier molecular flexibility index (Phi) is 7.61. The van der Waals surface area contributed by atoms with Crippen molar-refractivity contribution in [3.63, 3.8) is 0 Å². The molecule has 8 nitrogen and oxygen atoms in total. The summed E-state index contributed by atoms with van der Waals surface area (Å²) in [4.78, 5) is 29.0. The van der Waals surface area contributed by atoms with Gasteiger partial charge in [-0.05, 0) is 18.7 Å². The molecule has 2 fully saturated rings. The number of aromatic nitrogens is 2. The van der Waals surface area contributed by atoms with Gasteiger partial charge in [-0.15, -0.1) is 0 Å². The van der Waals surface area contributed by atoms with Crippen LogP contribution in [0.5, 0.6) is 0 Å². The second kappa shape index (κ2) is 10.4. The standard InChI is InChI=1S/C24H35N5O3S/c1-5-27-8-10-28(11-9-27)21-16-20(24(2,3)4)25-23(26-21)33-17-18-6-7-19(32-18)22(30)29-12-14-31-15-13-29/h6-7,16H,5,8-15,17H2,1-4H3. The number of morpholine rings is 1. The first kappa shape index (κ1) is 24.0. The molecule has 2 aliphatic heterocycles. The van der Waals surface area contributed by atoms with E-state index in [0.29, 0.717) is 37.8 Å². The van der Waals surface area contributed by atoms with Crippen molar-refractivity contribution in [2.45, 2.75) is 44.0 Å². The van der Waals surface area contributed by atoms with Crippen molar-refractivity contribution in [1.29, 1.82) is 0 Å². The van der Waals surface area contributed by atoms with E-state index in [1.807, 2.05) is 6.07 Å². The van der Waals surface area contributed by atoms with Crippen molar-refractivity contribution in [3.8, 4) is 0 Å². The Morgan fingerprint density at radius 2 is 1.79 bits per heavy atom. The second-order valence-corrected chi connectivity index (χ2v) is 10.5. The zero-order chi connectivity index (χ0) is 23.4. The number of amides is 1. The van der Waals surface area contributed by atoms with Crippen LogP contribution in [-0.4, -0.2) is 84.7 Å². The smallest absolute Gasteiger partial charge is 0.289 e. The number of nitrogens with zero attached hydrogens (tertiary/aromatic N) is 5. The summed E-state index contributed by atoms with van der Waals surface area (Å²) in [5, 5.41) is 0.743. The maximum absolute atomic E-state index is 12.6. The Bertz CT molecular complexity index is 944. The summed E-state index contributed by atoms with van der Waals surface area (Å²) in [6.07, 6.45) is 0. The number of ether oxygens (including phenoxy) is 1. The number of rotatable bonds is 6. The normalized spacial score (nSPS) is 18.1. The lowest BCUT2D eigenvalue weighted by Crippen LogP contribution is -2.46. The molecule has 2 aromatic rings. The molecule has 0 N–H and O–H groups in total. The predicted molar refractivity (Wildman–Crippen MR) is 130 cm³/mol. The van der Waals surface area contributed by atoms with Gasteiger partial charge in [-0.3, -0.25) is 4.79 Å². The minimum Gasteiger partial charge on any atom is -0.455 e. The molecule has 0 spiro atoms. The molecular formula is C24H35N5O3S. The summed E-state index contributed by atoms with van der Waals surface area (Å²) >= 11 is 1.55. The van der Waals surface area contributed by atoms with Gasteiger partial charge in [-0.1, -0.05) is 39.5 Å². The topological polar surface area (TPSA) is 74.9 Å². The molecule has 0 aliphatic carbocycles. The van der Waals surface area contributed by atoms with Crippen LogP contribution in [0.2, 0.25) is 0 Å². The summed E-state index contributed by atoms with van der Waals surface area (Å²) in [5.74, 6) is 2.63. The van der Waals surface area contributed by atoms with Crippen LogP contribution in [0, 0.1) is 0 Å². The number of carbonyl (C=O) groups excluding carboxylic acids is 1. The van der Waals surface area contributed by atoms with Crippen molar-refractivity contribution in [3.05, 3.63) is 35.4 Å². The minimum atomic E-state index is -0.0750. The van der Waals surface area contributed by atoms with Gasteiger partial charge in [0, 0.05) is 50.7 Å². The number of thioether (sulfide) groups is 1. The molecule has 0 saturated carbocycles. The maximum Gasteiger partial charge on any atom is 0.289 e. The van der Waals surface area contributed by atoms with E-state index < -0.39 is 0 Å². The molecule has 4 heterocycles.